The second-order valence-corrected chi connectivity index (χ2v) is 4.51. The van der Waals surface area contributed by atoms with Gasteiger partial charge >= 0.3 is 11.9 Å². The van der Waals surface area contributed by atoms with Gasteiger partial charge in [0.25, 0.3) is 0 Å². The Labute approximate surface area is 115 Å². The number of carbonyl (C=O) groups is 2. The highest BCUT2D eigenvalue weighted by Gasteiger charge is 2.24. The van der Waals surface area contributed by atoms with Gasteiger partial charge in [-0.25, -0.2) is 0 Å². The minimum atomic E-state index is -1.37. The first kappa shape index (κ1) is 15.3. The summed E-state index contributed by atoms with van der Waals surface area (Å²) in [6.45, 7) is 0. The monoisotopic (exact) mass is 286 g/mol. The summed E-state index contributed by atoms with van der Waals surface area (Å²) in [5, 5.41) is 18.1. The Balaban J connectivity index is 2.64. The fourth-order valence-electron chi connectivity index (χ4n) is 1.79. The van der Waals surface area contributed by atoms with Crippen molar-refractivity contribution in [3.8, 4) is 5.75 Å². The molecule has 5 nitrogen and oxygen atoms in total. The third-order valence-corrected chi connectivity index (χ3v) is 3.01. The molecule has 2 N–H and O–H groups in total. The third kappa shape index (κ3) is 4.44. The van der Waals surface area contributed by atoms with Crippen LogP contribution in [0.5, 0.6) is 5.75 Å². The van der Waals surface area contributed by atoms with Crippen LogP contribution in [0.15, 0.2) is 18.2 Å². The zero-order chi connectivity index (χ0) is 14.4. The first-order valence-corrected chi connectivity index (χ1v) is 6.11. The van der Waals surface area contributed by atoms with Crippen molar-refractivity contribution in [2.45, 2.75) is 19.3 Å². The summed E-state index contributed by atoms with van der Waals surface area (Å²) in [7, 11) is 1.53. The average molecular weight is 287 g/mol. The minimum Gasteiger partial charge on any atom is -0.496 e. The fourth-order valence-corrected chi connectivity index (χ4v) is 1.99. The number of carboxylic acids is 2. The molecule has 0 aliphatic heterocycles. The van der Waals surface area contributed by atoms with Crippen LogP contribution in [-0.4, -0.2) is 29.3 Å². The lowest BCUT2D eigenvalue weighted by Gasteiger charge is -2.10. The highest BCUT2D eigenvalue weighted by molar-refractivity contribution is 6.30. The van der Waals surface area contributed by atoms with Crippen LogP contribution < -0.4 is 4.74 Å². The number of carboxylic acid groups (broad SMARTS) is 2. The van der Waals surface area contributed by atoms with Crippen molar-refractivity contribution in [3.05, 3.63) is 28.8 Å². The van der Waals surface area contributed by atoms with E-state index >= 15 is 0 Å². The first-order chi connectivity index (χ1) is 8.95. The van der Waals surface area contributed by atoms with Crippen molar-refractivity contribution in [2.24, 2.45) is 5.92 Å². The maximum absolute atomic E-state index is 10.7. The Morgan fingerprint density at radius 2 is 1.95 bits per heavy atom. The molecule has 0 aliphatic carbocycles. The van der Waals surface area contributed by atoms with Crippen molar-refractivity contribution >= 4 is 23.5 Å². The standard InChI is InChI=1S/C13H15ClO5/c1-19-11-6-5-9(14)7-8(11)3-2-4-10(12(15)16)13(17)18/h5-7,10H,2-4H2,1H3,(H,15,16)(H,17,18). The van der Waals surface area contributed by atoms with Gasteiger partial charge in [-0.2, -0.15) is 0 Å². The molecule has 6 heteroatoms. The molecule has 0 saturated heterocycles. The Morgan fingerprint density at radius 3 is 2.47 bits per heavy atom. The molecule has 1 aromatic rings. The van der Waals surface area contributed by atoms with Crippen LogP contribution in [0.1, 0.15) is 18.4 Å². The molecule has 0 saturated carbocycles. The van der Waals surface area contributed by atoms with E-state index in [9.17, 15) is 9.59 Å². The Bertz CT molecular complexity index is 458. The molecule has 0 heterocycles. The van der Waals surface area contributed by atoms with E-state index in [0.717, 1.165) is 5.56 Å². The minimum absolute atomic E-state index is 0.0698. The highest BCUT2D eigenvalue weighted by Crippen LogP contribution is 2.24. The van der Waals surface area contributed by atoms with Crippen molar-refractivity contribution in [1.82, 2.24) is 0 Å². The summed E-state index contributed by atoms with van der Waals surface area (Å²) in [4.78, 5) is 21.5. The molecule has 1 rings (SSSR count). The number of benzene rings is 1. The molecule has 0 atom stereocenters. The molecule has 0 aromatic heterocycles. The van der Waals surface area contributed by atoms with Crippen molar-refractivity contribution in [2.75, 3.05) is 7.11 Å². The quantitative estimate of drug-likeness (QED) is 0.752. The molecular formula is C13H15ClO5. The van der Waals surface area contributed by atoms with E-state index in [1.165, 1.54) is 7.11 Å². The van der Waals surface area contributed by atoms with Crippen LogP contribution in [-0.2, 0) is 16.0 Å². The molecule has 0 aliphatic rings. The smallest absolute Gasteiger partial charge is 0.317 e. The van der Waals surface area contributed by atoms with Gasteiger partial charge in [0.15, 0.2) is 5.92 Å². The Kier molecular flexibility index (Phi) is 5.63. The molecule has 0 bridgehead atoms. The van der Waals surface area contributed by atoms with Crippen LogP contribution in [0.25, 0.3) is 0 Å². The van der Waals surface area contributed by atoms with Gasteiger partial charge in [0.1, 0.15) is 5.75 Å². The summed E-state index contributed by atoms with van der Waals surface area (Å²) < 4.78 is 5.16. The van der Waals surface area contributed by atoms with Gasteiger partial charge in [-0.15, -0.1) is 0 Å². The van der Waals surface area contributed by atoms with Gasteiger partial charge in [-0.05, 0) is 43.0 Å². The van der Waals surface area contributed by atoms with Crippen LogP contribution in [0.4, 0.5) is 0 Å². The second kappa shape index (κ2) is 6.99. The molecular weight excluding hydrogens is 272 g/mol. The topological polar surface area (TPSA) is 83.8 Å². The lowest BCUT2D eigenvalue weighted by molar-refractivity contribution is -0.154. The van der Waals surface area contributed by atoms with Gasteiger partial charge in [0.05, 0.1) is 7.11 Å². The summed E-state index contributed by atoms with van der Waals surface area (Å²) in [5.41, 5.74) is 0.838. The number of methoxy groups -OCH3 is 1. The molecule has 0 fully saturated rings. The van der Waals surface area contributed by atoms with Gasteiger partial charge in [0.2, 0.25) is 0 Å². The number of aliphatic carboxylic acids is 2. The maximum Gasteiger partial charge on any atom is 0.317 e. The Morgan fingerprint density at radius 1 is 1.32 bits per heavy atom. The average Bonchev–Trinajstić information content (AvgIpc) is 2.33. The number of aryl methyl sites for hydroxylation is 1. The fraction of sp³-hybridized carbons (Fsp3) is 0.385. The zero-order valence-electron chi connectivity index (χ0n) is 10.4. The molecule has 104 valence electrons. The SMILES string of the molecule is COc1ccc(Cl)cc1CCCC(C(=O)O)C(=O)O. The predicted molar refractivity (Wildman–Crippen MR) is 69.7 cm³/mol. The van der Waals surface area contributed by atoms with E-state index in [2.05, 4.69) is 0 Å². The van der Waals surface area contributed by atoms with E-state index < -0.39 is 17.9 Å². The summed E-state index contributed by atoms with van der Waals surface area (Å²) >= 11 is 5.87. The van der Waals surface area contributed by atoms with Crippen molar-refractivity contribution < 1.29 is 24.5 Å². The number of halogens is 1. The predicted octanol–water partition coefficient (Wildman–Crippen LogP) is 2.46. The first-order valence-electron chi connectivity index (χ1n) is 5.73. The van der Waals surface area contributed by atoms with Crippen LogP contribution >= 0.6 is 11.6 Å². The van der Waals surface area contributed by atoms with Gasteiger partial charge in [-0.1, -0.05) is 11.6 Å². The third-order valence-electron chi connectivity index (χ3n) is 2.78. The maximum atomic E-state index is 10.7. The number of ether oxygens (including phenoxy) is 1. The number of hydrogen-bond acceptors (Lipinski definition) is 3. The zero-order valence-corrected chi connectivity index (χ0v) is 11.2. The molecule has 19 heavy (non-hydrogen) atoms. The van der Waals surface area contributed by atoms with Gasteiger partial charge < -0.3 is 14.9 Å². The van der Waals surface area contributed by atoms with Gasteiger partial charge in [-0.3, -0.25) is 9.59 Å². The van der Waals surface area contributed by atoms with Crippen LogP contribution in [0.2, 0.25) is 5.02 Å². The van der Waals surface area contributed by atoms with E-state index in [0.29, 0.717) is 23.6 Å². The largest absolute Gasteiger partial charge is 0.496 e. The summed E-state index contributed by atoms with van der Waals surface area (Å²) in [6.07, 6.45) is 1.01. The summed E-state index contributed by atoms with van der Waals surface area (Å²) in [6, 6.07) is 5.15. The van der Waals surface area contributed by atoms with Crippen molar-refractivity contribution in [3.63, 3.8) is 0 Å². The lowest BCUT2D eigenvalue weighted by Crippen LogP contribution is -2.23. The molecule has 1 aromatic carbocycles. The molecule has 0 spiro atoms. The summed E-state index contributed by atoms with van der Waals surface area (Å²) in [5.74, 6) is -3.34. The van der Waals surface area contributed by atoms with Crippen LogP contribution in [0, 0.1) is 5.92 Å². The van der Waals surface area contributed by atoms with E-state index in [1.807, 2.05) is 0 Å². The second-order valence-electron chi connectivity index (χ2n) is 4.08. The number of hydrogen-bond donors (Lipinski definition) is 2. The van der Waals surface area contributed by atoms with E-state index in [4.69, 9.17) is 26.6 Å². The highest BCUT2D eigenvalue weighted by atomic mass is 35.5. The van der Waals surface area contributed by atoms with E-state index in [1.54, 1.807) is 18.2 Å². The van der Waals surface area contributed by atoms with Gasteiger partial charge in [0, 0.05) is 5.02 Å². The Hall–Kier alpha value is -1.75. The van der Waals surface area contributed by atoms with Crippen LogP contribution in [0.3, 0.4) is 0 Å². The molecule has 0 amide bonds. The molecule has 0 radical (unpaired) electrons. The lowest BCUT2D eigenvalue weighted by atomic mass is 9.99. The van der Waals surface area contributed by atoms with Crippen molar-refractivity contribution in [1.29, 1.82) is 0 Å². The number of rotatable bonds is 7. The molecule has 0 unspecified atom stereocenters. The van der Waals surface area contributed by atoms with E-state index in [-0.39, 0.29) is 6.42 Å². The normalized spacial score (nSPS) is 10.5.